The molecule has 1 aromatic carbocycles. The first-order chi connectivity index (χ1) is 15.0. The lowest BCUT2D eigenvalue weighted by Crippen LogP contribution is -2.58. The van der Waals surface area contributed by atoms with Gasteiger partial charge in [0.25, 0.3) is 5.91 Å². The van der Waals surface area contributed by atoms with Crippen molar-refractivity contribution in [2.45, 2.75) is 38.3 Å². The minimum absolute atomic E-state index is 0.0000167. The normalized spacial score (nSPS) is 26.9. The number of aliphatic hydroxyl groups excluding tert-OH is 2. The van der Waals surface area contributed by atoms with Gasteiger partial charge in [-0.15, -0.1) is 0 Å². The zero-order valence-corrected chi connectivity index (χ0v) is 17.1. The van der Waals surface area contributed by atoms with Crippen molar-refractivity contribution in [3.63, 3.8) is 0 Å². The van der Waals surface area contributed by atoms with Crippen molar-refractivity contribution in [3.05, 3.63) is 45.7 Å². The molecule has 0 aliphatic heterocycles. The number of primary amides is 1. The molecule has 0 aromatic heterocycles. The van der Waals surface area contributed by atoms with Gasteiger partial charge >= 0.3 is 0 Å². The van der Waals surface area contributed by atoms with Gasteiger partial charge in [0.1, 0.15) is 22.8 Å². The Balaban J connectivity index is 1.85. The van der Waals surface area contributed by atoms with E-state index in [2.05, 4.69) is 5.32 Å². The Labute approximate surface area is 182 Å². The number of nitrogens with one attached hydrogen (secondary N) is 1. The van der Waals surface area contributed by atoms with Gasteiger partial charge in [0.05, 0.1) is 5.56 Å². The number of carbonyl (C=O) groups excluding carboxylic acids is 4. The lowest BCUT2D eigenvalue weighted by molar-refractivity contribution is -0.147. The van der Waals surface area contributed by atoms with Gasteiger partial charge in [-0.05, 0) is 24.3 Å². The number of phenolic OH excluding ortho intramolecular Hbond substituents is 1. The van der Waals surface area contributed by atoms with E-state index in [0.29, 0.717) is 11.1 Å². The molecule has 1 saturated carbocycles. The van der Waals surface area contributed by atoms with Crippen molar-refractivity contribution in [1.29, 1.82) is 0 Å². The fraction of sp³-hybridized carbons (Fsp3) is 0.364. The van der Waals surface area contributed by atoms with Crippen LogP contribution in [0.2, 0.25) is 0 Å². The number of ketones is 2. The number of hydrogen-bond donors (Lipinski definition) is 6. The number of aliphatic hydroxyl groups is 3. The van der Waals surface area contributed by atoms with E-state index in [1.54, 1.807) is 12.1 Å². The molecule has 2 unspecified atom stereocenters. The topological polar surface area (TPSA) is 187 Å². The zero-order chi connectivity index (χ0) is 23.5. The minimum Gasteiger partial charge on any atom is -0.508 e. The van der Waals surface area contributed by atoms with Gasteiger partial charge in [-0.25, -0.2) is 0 Å². The van der Waals surface area contributed by atoms with Gasteiger partial charge < -0.3 is 31.5 Å². The second-order valence-electron chi connectivity index (χ2n) is 8.42. The number of Topliss-reactive ketones (excluding diaryl/α,β-unsaturated/α-hetero) is 2. The molecule has 0 bridgehead atoms. The Hall–Kier alpha value is -3.66. The highest BCUT2D eigenvalue weighted by Gasteiger charge is 2.60. The fourth-order valence-electron chi connectivity index (χ4n) is 5.00. The lowest BCUT2D eigenvalue weighted by atomic mass is 9.59. The van der Waals surface area contributed by atoms with Crippen LogP contribution in [0, 0.1) is 11.8 Å². The van der Waals surface area contributed by atoms with Crippen LogP contribution >= 0.6 is 0 Å². The Morgan fingerprint density at radius 2 is 1.88 bits per heavy atom. The third-order valence-electron chi connectivity index (χ3n) is 6.55. The summed E-state index contributed by atoms with van der Waals surface area (Å²) in [4.78, 5) is 48.5. The van der Waals surface area contributed by atoms with E-state index in [1.165, 1.54) is 6.92 Å². The highest BCUT2D eigenvalue weighted by Crippen LogP contribution is 2.52. The Bertz CT molecular complexity index is 1160. The van der Waals surface area contributed by atoms with Gasteiger partial charge in [-0.1, -0.05) is 12.1 Å². The molecule has 0 radical (unpaired) electrons. The predicted molar refractivity (Wildman–Crippen MR) is 109 cm³/mol. The molecule has 0 saturated heterocycles. The van der Waals surface area contributed by atoms with Crippen LogP contribution in [0.25, 0.3) is 5.76 Å². The molecule has 168 valence electrons. The van der Waals surface area contributed by atoms with Gasteiger partial charge in [0.2, 0.25) is 11.7 Å². The largest absolute Gasteiger partial charge is 0.508 e. The maximum atomic E-state index is 13.4. The number of fused-ring (bicyclic) bond motifs is 3. The number of carbonyl (C=O) groups is 4. The monoisotopic (exact) mass is 442 g/mol. The molecule has 4 rings (SSSR count). The molecule has 0 spiro atoms. The molecule has 2 amide bonds. The van der Waals surface area contributed by atoms with Crippen LogP contribution in [-0.4, -0.2) is 49.4 Å². The van der Waals surface area contributed by atoms with Crippen LogP contribution in [0.5, 0.6) is 5.75 Å². The van der Waals surface area contributed by atoms with E-state index in [1.807, 2.05) is 0 Å². The quantitative estimate of drug-likeness (QED) is 0.354. The van der Waals surface area contributed by atoms with Gasteiger partial charge in [0, 0.05) is 36.9 Å². The maximum absolute atomic E-state index is 13.4. The number of amides is 2. The summed E-state index contributed by atoms with van der Waals surface area (Å²) in [6, 6.07) is 3.26. The molecule has 3 atom stereocenters. The van der Waals surface area contributed by atoms with Crippen LogP contribution in [0.3, 0.4) is 0 Å². The summed E-state index contributed by atoms with van der Waals surface area (Å²) in [5, 5.41) is 45.9. The summed E-state index contributed by atoms with van der Waals surface area (Å²) in [5.41, 5.74) is 2.41. The van der Waals surface area contributed by atoms with Crippen molar-refractivity contribution in [3.8, 4) is 5.75 Å². The summed E-state index contributed by atoms with van der Waals surface area (Å²) < 4.78 is 0. The van der Waals surface area contributed by atoms with Crippen LogP contribution in [0.4, 0.5) is 0 Å². The second-order valence-corrected chi connectivity index (χ2v) is 8.42. The van der Waals surface area contributed by atoms with Crippen molar-refractivity contribution in [1.82, 2.24) is 5.32 Å². The number of hydrogen-bond acceptors (Lipinski definition) is 8. The molecular formula is C22H22N2O8. The second kappa shape index (κ2) is 7.20. The van der Waals surface area contributed by atoms with Gasteiger partial charge in [0.15, 0.2) is 11.4 Å². The highest BCUT2D eigenvalue weighted by atomic mass is 16.3. The maximum Gasteiger partial charge on any atom is 0.255 e. The van der Waals surface area contributed by atoms with Crippen molar-refractivity contribution in [2.75, 3.05) is 0 Å². The first-order valence-corrected chi connectivity index (χ1v) is 10.0. The SMILES string of the molecule is CC(=O)NCc1ccc2c(c1O)C(O)=C1C(=O)[C@]3(O)C(O)=C(C(N)=O)C(=O)CC3CC1C2. The van der Waals surface area contributed by atoms with E-state index in [9.17, 15) is 39.6 Å². The average Bonchev–Trinajstić information content (AvgIpc) is 2.69. The summed E-state index contributed by atoms with van der Waals surface area (Å²) in [7, 11) is 0. The number of phenols is 1. The van der Waals surface area contributed by atoms with Crippen LogP contribution in [0.1, 0.15) is 36.5 Å². The first kappa shape index (κ1) is 21.6. The number of benzene rings is 1. The van der Waals surface area contributed by atoms with Gasteiger partial charge in [-0.3, -0.25) is 19.2 Å². The summed E-state index contributed by atoms with van der Waals surface area (Å²) >= 11 is 0. The minimum atomic E-state index is -2.58. The van der Waals surface area contributed by atoms with E-state index >= 15 is 0 Å². The molecule has 1 aromatic rings. The Morgan fingerprint density at radius 3 is 2.50 bits per heavy atom. The molecule has 10 nitrogen and oxygen atoms in total. The highest BCUT2D eigenvalue weighted by molar-refractivity contribution is 6.22. The third-order valence-corrected chi connectivity index (χ3v) is 6.55. The van der Waals surface area contributed by atoms with Gasteiger partial charge in [-0.2, -0.15) is 0 Å². The van der Waals surface area contributed by atoms with E-state index in [4.69, 9.17) is 5.73 Å². The predicted octanol–water partition coefficient (Wildman–Crippen LogP) is 0.0600. The molecular weight excluding hydrogens is 420 g/mol. The smallest absolute Gasteiger partial charge is 0.255 e. The van der Waals surface area contributed by atoms with Crippen LogP contribution in [0.15, 0.2) is 29.0 Å². The molecule has 3 aliphatic carbocycles. The zero-order valence-electron chi connectivity index (χ0n) is 17.1. The summed E-state index contributed by atoms with van der Waals surface area (Å²) in [6.07, 6.45) is -0.0391. The van der Waals surface area contributed by atoms with E-state index in [0.717, 1.165) is 0 Å². The lowest BCUT2D eigenvalue weighted by Gasteiger charge is -2.46. The van der Waals surface area contributed by atoms with Crippen molar-refractivity contribution < 1.29 is 39.6 Å². The molecule has 0 heterocycles. The number of nitrogens with two attached hydrogens (primary N) is 1. The number of rotatable bonds is 3. The summed E-state index contributed by atoms with van der Waals surface area (Å²) in [5.74, 6) is -6.94. The first-order valence-electron chi connectivity index (χ1n) is 10.0. The Morgan fingerprint density at radius 1 is 1.19 bits per heavy atom. The number of aromatic hydroxyl groups is 1. The van der Waals surface area contributed by atoms with Crippen molar-refractivity contribution >= 4 is 29.1 Å². The molecule has 7 N–H and O–H groups in total. The molecule has 32 heavy (non-hydrogen) atoms. The average molecular weight is 442 g/mol. The van der Waals surface area contributed by atoms with Crippen molar-refractivity contribution in [2.24, 2.45) is 17.6 Å². The van der Waals surface area contributed by atoms with E-state index in [-0.39, 0.29) is 48.6 Å². The third kappa shape index (κ3) is 2.90. The molecule has 10 heteroatoms. The molecule has 3 aliphatic rings. The van der Waals surface area contributed by atoms with E-state index < -0.39 is 52.0 Å². The van der Waals surface area contributed by atoms with Crippen LogP contribution < -0.4 is 11.1 Å². The molecule has 1 fully saturated rings. The fourth-order valence-corrected chi connectivity index (χ4v) is 5.00. The summed E-state index contributed by atoms with van der Waals surface area (Å²) in [6.45, 7) is 1.31. The van der Waals surface area contributed by atoms with Crippen LogP contribution in [-0.2, 0) is 32.1 Å². The Kier molecular flexibility index (Phi) is 4.85. The standard InChI is InChI=1S/C22H22N2O8/c1-8(25)24-7-10-3-2-9-4-11-5-12-6-13(26)16(21(23)31)20(30)22(12,32)19(29)15(11)18(28)14(9)17(10)27/h2-3,11-12,27-28,30,32H,4-7H2,1H3,(H2,23,31)(H,24,25)/t11?,12?,22-/m0/s1.